The quantitative estimate of drug-likeness (QED) is 0.651. The van der Waals surface area contributed by atoms with Gasteiger partial charge in [-0.15, -0.1) is 0 Å². The van der Waals surface area contributed by atoms with Crippen LogP contribution < -0.4 is 0 Å². The van der Waals surface area contributed by atoms with Gasteiger partial charge in [-0.25, -0.2) is 17.8 Å². The minimum absolute atomic E-state index is 0.202. The SMILES string of the molecule is Cn1c([C@H]2CCCCN2S(=O)(=O)c2cccc(Cl)c2F)nc2ccccc21. The summed E-state index contributed by atoms with van der Waals surface area (Å²) < 4.78 is 44.3. The summed E-state index contributed by atoms with van der Waals surface area (Å²) >= 11 is 5.82. The number of sulfonamides is 1. The number of para-hydroxylation sites is 2. The van der Waals surface area contributed by atoms with Gasteiger partial charge in [0.15, 0.2) is 5.82 Å². The maximum absolute atomic E-state index is 14.5. The normalized spacial score (nSPS) is 18.9. The maximum Gasteiger partial charge on any atom is 0.246 e. The molecule has 1 saturated heterocycles. The monoisotopic (exact) mass is 407 g/mol. The van der Waals surface area contributed by atoms with Gasteiger partial charge in [-0.3, -0.25) is 0 Å². The van der Waals surface area contributed by atoms with Gasteiger partial charge in [0, 0.05) is 13.6 Å². The zero-order chi connectivity index (χ0) is 19.2. The van der Waals surface area contributed by atoms with Crippen molar-refractivity contribution < 1.29 is 12.8 Å². The van der Waals surface area contributed by atoms with Gasteiger partial charge in [0.1, 0.15) is 10.7 Å². The first-order valence-electron chi connectivity index (χ1n) is 8.78. The molecule has 0 N–H and O–H groups in total. The lowest BCUT2D eigenvalue weighted by Crippen LogP contribution is -2.39. The summed E-state index contributed by atoms with van der Waals surface area (Å²) in [5.74, 6) is -0.240. The van der Waals surface area contributed by atoms with Crippen LogP contribution in [-0.2, 0) is 17.1 Å². The highest BCUT2D eigenvalue weighted by atomic mass is 35.5. The number of benzene rings is 2. The van der Waals surface area contributed by atoms with Crippen molar-refractivity contribution in [3.8, 4) is 0 Å². The number of halogens is 2. The lowest BCUT2D eigenvalue weighted by atomic mass is 10.0. The van der Waals surface area contributed by atoms with Crippen LogP contribution >= 0.6 is 11.6 Å². The molecule has 0 saturated carbocycles. The Morgan fingerprint density at radius 2 is 1.93 bits per heavy atom. The molecule has 1 aliphatic heterocycles. The van der Waals surface area contributed by atoms with Crippen molar-refractivity contribution in [1.29, 1.82) is 0 Å². The predicted molar refractivity (Wildman–Crippen MR) is 103 cm³/mol. The largest absolute Gasteiger partial charge is 0.330 e. The molecule has 8 heteroatoms. The lowest BCUT2D eigenvalue weighted by Gasteiger charge is -2.34. The number of aryl methyl sites for hydroxylation is 1. The summed E-state index contributed by atoms with van der Waals surface area (Å²) in [6.45, 7) is 0.322. The van der Waals surface area contributed by atoms with E-state index in [-0.39, 0.29) is 9.92 Å². The molecular formula is C19H19ClFN3O2S. The third kappa shape index (κ3) is 3.03. The molecule has 0 amide bonds. The van der Waals surface area contributed by atoms with Gasteiger partial charge < -0.3 is 4.57 Å². The minimum atomic E-state index is -4.05. The van der Waals surface area contributed by atoms with E-state index in [1.165, 1.54) is 22.5 Å². The van der Waals surface area contributed by atoms with Crippen molar-refractivity contribution in [3.63, 3.8) is 0 Å². The highest BCUT2D eigenvalue weighted by molar-refractivity contribution is 7.89. The van der Waals surface area contributed by atoms with E-state index < -0.39 is 21.9 Å². The maximum atomic E-state index is 14.5. The van der Waals surface area contributed by atoms with E-state index in [2.05, 4.69) is 4.98 Å². The molecule has 5 nitrogen and oxygen atoms in total. The number of rotatable bonds is 3. The Labute approximate surface area is 162 Å². The average Bonchev–Trinajstić information content (AvgIpc) is 3.01. The summed E-state index contributed by atoms with van der Waals surface area (Å²) in [7, 11) is -2.17. The van der Waals surface area contributed by atoms with Crippen LogP contribution in [0.4, 0.5) is 4.39 Å². The number of nitrogens with zero attached hydrogens (tertiary/aromatic N) is 3. The van der Waals surface area contributed by atoms with Crippen molar-refractivity contribution >= 4 is 32.7 Å². The summed E-state index contributed by atoms with van der Waals surface area (Å²) in [5.41, 5.74) is 1.75. The molecule has 0 radical (unpaired) electrons. The predicted octanol–water partition coefficient (Wildman–Crippen LogP) is 4.28. The smallest absolute Gasteiger partial charge is 0.246 e. The Bertz CT molecular complexity index is 1110. The summed E-state index contributed by atoms with van der Waals surface area (Å²) in [5, 5.41) is -0.202. The Kier molecular flexibility index (Phi) is 4.70. The summed E-state index contributed by atoms with van der Waals surface area (Å²) in [6.07, 6.45) is 2.25. The number of fused-ring (bicyclic) bond motifs is 1. The molecule has 1 atom stereocenters. The van der Waals surface area contributed by atoms with Gasteiger partial charge in [0.25, 0.3) is 0 Å². The van der Waals surface area contributed by atoms with Gasteiger partial charge in [0.05, 0.1) is 22.1 Å². The Balaban J connectivity index is 1.83. The van der Waals surface area contributed by atoms with Crippen LogP contribution in [0.5, 0.6) is 0 Å². The highest BCUT2D eigenvalue weighted by Gasteiger charge is 2.38. The van der Waals surface area contributed by atoms with Gasteiger partial charge in [0.2, 0.25) is 10.0 Å². The first-order valence-corrected chi connectivity index (χ1v) is 10.6. The second-order valence-electron chi connectivity index (χ2n) is 6.70. The molecule has 2 aromatic carbocycles. The Morgan fingerprint density at radius 1 is 1.15 bits per heavy atom. The fourth-order valence-corrected chi connectivity index (χ4v) is 5.70. The van der Waals surface area contributed by atoms with Crippen LogP contribution in [0.2, 0.25) is 5.02 Å². The zero-order valence-corrected chi connectivity index (χ0v) is 16.3. The van der Waals surface area contributed by atoms with Crippen LogP contribution in [0.15, 0.2) is 47.4 Å². The van der Waals surface area contributed by atoms with Crippen LogP contribution in [0.3, 0.4) is 0 Å². The Morgan fingerprint density at radius 3 is 2.70 bits per heavy atom. The Hall–Kier alpha value is -1.96. The fraction of sp³-hybridized carbons (Fsp3) is 0.316. The van der Waals surface area contributed by atoms with Gasteiger partial charge in [-0.1, -0.05) is 36.2 Å². The van der Waals surface area contributed by atoms with Crippen molar-refractivity contribution in [2.24, 2.45) is 7.05 Å². The number of imidazole rings is 1. The molecule has 2 heterocycles. The molecule has 142 valence electrons. The molecule has 1 aromatic heterocycles. The van der Waals surface area contributed by atoms with Gasteiger partial charge >= 0.3 is 0 Å². The van der Waals surface area contributed by atoms with E-state index in [1.54, 1.807) is 0 Å². The fourth-order valence-electron chi connectivity index (χ4n) is 3.72. The van der Waals surface area contributed by atoms with Crippen molar-refractivity contribution in [2.45, 2.75) is 30.2 Å². The van der Waals surface area contributed by atoms with E-state index >= 15 is 0 Å². The number of aromatic nitrogens is 2. The molecule has 1 fully saturated rings. The molecule has 0 spiro atoms. The van der Waals surface area contributed by atoms with E-state index in [4.69, 9.17) is 11.6 Å². The third-order valence-corrected chi connectivity index (χ3v) is 7.29. The van der Waals surface area contributed by atoms with E-state index in [1.807, 2.05) is 35.9 Å². The van der Waals surface area contributed by atoms with E-state index in [0.29, 0.717) is 18.8 Å². The molecule has 0 unspecified atom stereocenters. The molecular weight excluding hydrogens is 389 g/mol. The van der Waals surface area contributed by atoms with Crippen LogP contribution in [0.1, 0.15) is 31.1 Å². The zero-order valence-electron chi connectivity index (χ0n) is 14.8. The van der Waals surface area contributed by atoms with Crippen LogP contribution in [0.25, 0.3) is 11.0 Å². The van der Waals surface area contributed by atoms with Crippen LogP contribution in [-0.4, -0.2) is 28.8 Å². The van der Waals surface area contributed by atoms with E-state index in [0.717, 1.165) is 23.9 Å². The first-order chi connectivity index (χ1) is 12.9. The molecule has 3 aromatic rings. The third-order valence-electron chi connectivity index (χ3n) is 5.08. The lowest BCUT2D eigenvalue weighted by molar-refractivity contribution is 0.243. The topological polar surface area (TPSA) is 55.2 Å². The van der Waals surface area contributed by atoms with E-state index in [9.17, 15) is 12.8 Å². The number of piperidine rings is 1. The average molecular weight is 408 g/mol. The van der Waals surface area contributed by atoms with Crippen molar-refractivity contribution in [1.82, 2.24) is 13.9 Å². The molecule has 0 bridgehead atoms. The summed E-state index contributed by atoms with van der Waals surface area (Å²) in [4.78, 5) is 4.28. The molecule has 27 heavy (non-hydrogen) atoms. The van der Waals surface area contributed by atoms with Gasteiger partial charge in [-0.2, -0.15) is 4.31 Å². The molecule has 0 aliphatic carbocycles. The van der Waals surface area contributed by atoms with Crippen molar-refractivity contribution in [3.05, 3.63) is 59.1 Å². The molecule has 1 aliphatic rings. The standard InChI is InChI=1S/C19H19ClFN3O2S/c1-23-15-9-3-2-8-14(15)22-19(23)16-10-4-5-12-24(16)27(25,26)17-11-6-7-13(20)18(17)21/h2-3,6-9,11,16H,4-5,10,12H2,1H3/t16-/m1/s1. The second-order valence-corrected chi connectivity index (χ2v) is 8.96. The number of hydrogen-bond acceptors (Lipinski definition) is 3. The van der Waals surface area contributed by atoms with Crippen molar-refractivity contribution in [2.75, 3.05) is 6.54 Å². The van der Waals surface area contributed by atoms with Crippen LogP contribution in [0, 0.1) is 5.82 Å². The van der Waals surface area contributed by atoms with Gasteiger partial charge in [-0.05, 0) is 37.1 Å². The molecule has 4 rings (SSSR count). The highest BCUT2D eigenvalue weighted by Crippen LogP contribution is 2.37. The minimum Gasteiger partial charge on any atom is -0.330 e. The first kappa shape index (κ1) is 18.4. The number of hydrogen-bond donors (Lipinski definition) is 0. The second kappa shape index (κ2) is 6.89. The summed E-state index contributed by atoms with van der Waals surface area (Å²) in [6, 6.07) is 11.3.